The summed E-state index contributed by atoms with van der Waals surface area (Å²) in [6.07, 6.45) is 0. The summed E-state index contributed by atoms with van der Waals surface area (Å²) in [6.45, 7) is 1.99. The molecule has 1 aromatic carbocycles. The molecule has 1 aromatic heterocycles. The van der Waals surface area contributed by atoms with E-state index in [-0.39, 0.29) is 0 Å². The molecule has 0 bridgehead atoms. The van der Waals surface area contributed by atoms with Crippen LogP contribution in [0, 0.1) is 6.92 Å². The molecule has 0 saturated heterocycles. The summed E-state index contributed by atoms with van der Waals surface area (Å²) >= 11 is 6.00. The van der Waals surface area contributed by atoms with Crippen LogP contribution < -0.4 is 5.73 Å². The molecule has 0 fully saturated rings. The molecule has 1 heterocycles. The van der Waals surface area contributed by atoms with Crippen molar-refractivity contribution in [1.29, 1.82) is 0 Å². The van der Waals surface area contributed by atoms with Gasteiger partial charge < -0.3 is 5.73 Å². The average molecular weight is 193 g/mol. The van der Waals surface area contributed by atoms with Crippen molar-refractivity contribution in [2.24, 2.45) is 0 Å². The molecule has 2 rings (SSSR count). The number of hydrogen-bond donors (Lipinski definition) is 1. The van der Waals surface area contributed by atoms with Crippen molar-refractivity contribution < 1.29 is 0 Å². The number of aryl methyl sites for hydroxylation is 1. The molecule has 0 aliphatic carbocycles. The van der Waals surface area contributed by atoms with Crippen LogP contribution in [-0.2, 0) is 0 Å². The van der Waals surface area contributed by atoms with Gasteiger partial charge in [0.25, 0.3) is 0 Å². The molecule has 2 N–H and O–H groups in total. The molecule has 0 aliphatic rings. The summed E-state index contributed by atoms with van der Waals surface area (Å²) < 4.78 is 0. The fraction of sp³-hybridized carbons (Fsp3) is 0.100. The first-order chi connectivity index (χ1) is 6.18. The van der Waals surface area contributed by atoms with E-state index in [2.05, 4.69) is 4.98 Å². The maximum atomic E-state index is 6.00. The lowest BCUT2D eigenvalue weighted by Gasteiger charge is -2.03. The highest BCUT2D eigenvalue weighted by atomic mass is 35.5. The normalized spacial score (nSPS) is 10.6. The van der Waals surface area contributed by atoms with Crippen LogP contribution in [0.3, 0.4) is 0 Å². The standard InChI is InChI=1S/C10H9ClN2/c1-6-2-4-8(11)7-3-5-9(12)13-10(6)7/h2-5H,1H3,(H2,12,13). The maximum absolute atomic E-state index is 6.00. The van der Waals surface area contributed by atoms with Crippen LogP contribution >= 0.6 is 11.6 Å². The number of nitrogens with zero attached hydrogens (tertiary/aromatic N) is 1. The largest absolute Gasteiger partial charge is 0.384 e. The number of nitrogen functional groups attached to an aromatic ring is 1. The minimum absolute atomic E-state index is 0.526. The summed E-state index contributed by atoms with van der Waals surface area (Å²) in [4.78, 5) is 4.23. The fourth-order valence-corrected chi connectivity index (χ4v) is 1.55. The number of aromatic nitrogens is 1. The highest BCUT2D eigenvalue weighted by molar-refractivity contribution is 6.35. The quantitative estimate of drug-likeness (QED) is 0.697. The van der Waals surface area contributed by atoms with E-state index in [0.29, 0.717) is 10.8 Å². The molecular formula is C10H9ClN2. The van der Waals surface area contributed by atoms with Gasteiger partial charge in [0, 0.05) is 10.4 Å². The van der Waals surface area contributed by atoms with Gasteiger partial charge in [0.1, 0.15) is 5.82 Å². The Hall–Kier alpha value is -1.28. The SMILES string of the molecule is Cc1ccc(Cl)c2ccc(N)nc12. The summed E-state index contributed by atoms with van der Waals surface area (Å²) in [5.41, 5.74) is 7.56. The van der Waals surface area contributed by atoms with Gasteiger partial charge in [0.15, 0.2) is 0 Å². The number of hydrogen-bond acceptors (Lipinski definition) is 2. The topological polar surface area (TPSA) is 38.9 Å². The Balaban J connectivity index is 2.92. The van der Waals surface area contributed by atoms with Crippen molar-refractivity contribution in [3.8, 4) is 0 Å². The molecule has 0 unspecified atom stereocenters. The van der Waals surface area contributed by atoms with E-state index in [1.165, 1.54) is 0 Å². The van der Waals surface area contributed by atoms with E-state index in [1.54, 1.807) is 6.07 Å². The number of benzene rings is 1. The van der Waals surface area contributed by atoms with Gasteiger partial charge in [-0.3, -0.25) is 0 Å². The van der Waals surface area contributed by atoms with Crippen LogP contribution in [0.4, 0.5) is 5.82 Å². The molecule has 0 spiro atoms. The molecule has 2 nitrogen and oxygen atoms in total. The van der Waals surface area contributed by atoms with Crippen molar-refractivity contribution in [2.45, 2.75) is 6.92 Å². The number of nitrogens with two attached hydrogens (primary N) is 1. The first-order valence-corrected chi connectivity index (χ1v) is 4.37. The number of pyridine rings is 1. The second kappa shape index (κ2) is 2.89. The third-order valence-corrected chi connectivity index (χ3v) is 2.36. The predicted molar refractivity (Wildman–Crippen MR) is 55.9 cm³/mol. The molecule has 3 heteroatoms. The predicted octanol–water partition coefficient (Wildman–Crippen LogP) is 2.78. The Morgan fingerprint density at radius 1 is 1.23 bits per heavy atom. The Morgan fingerprint density at radius 3 is 2.77 bits per heavy atom. The third kappa shape index (κ3) is 1.33. The second-order valence-electron chi connectivity index (χ2n) is 3.00. The smallest absolute Gasteiger partial charge is 0.124 e. The van der Waals surface area contributed by atoms with Crippen molar-refractivity contribution in [1.82, 2.24) is 4.98 Å². The van der Waals surface area contributed by atoms with E-state index in [0.717, 1.165) is 16.5 Å². The lowest BCUT2D eigenvalue weighted by atomic mass is 10.1. The van der Waals surface area contributed by atoms with Gasteiger partial charge in [0.2, 0.25) is 0 Å². The fourth-order valence-electron chi connectivity index (χ4n) is 1.33. The Bertz CT molecular complexity index is 466. The third-order valence-electron chi connectivity index (χ3n) is 2.03. The van der Waals surface area contributed by atoms with E-state index >= 15 is 0 Å². The number of anilines is 1. The zero-order valence-corrected chi connectivity index (χ0v) is 7.97. The molecule has 0 atom stereocenters. The van der Waals surface area contributed by atoms with Gasteiger partial charge in [-0.1, -0.05) is 17.7 Å². The summed E-state index contributed by atoms with van der Waals surface area (Å²) in [5.74, 6) is 0.526. The highest BCUT2D eigenvalue weighted by Crippen LogP contribution is 2.25. The molecule has 2 aromatic rings. The Kier molecular flexibility index (Phi) is 1.85. The highest BCUT2D eigenvalue weighted by Gasteiger charge is 2.02. The minimum atomic E-state index is 0.526. The van der Waals surface area contributed by atoms with Crippen LogP contribution in [-0.4, -0.2) is 4.98 Å². The van der Waals surface area contributed by atoms with Crippen LogP contribution in [0.25, 0.3) is 10.9 Å². The zero-order valence-electron chi connectivity index (χ0n) is 7.21. The van der Waals surface area contributed by atoms with Gasteiger partial charge in [-0.15, -0.1) is 0 Å². The molecule has 13 heavy (non-hydrogen) atoms. The van der Waals surface area contributed by atoms with Crippen molar-refractivity contribution in [3.05, 3.63) is 34.9 Å². The van der Waals surface area contributed by atoms with Crippen molar-refractivity contribution in [2.75, 3.05) is 5.73 Å². The summed E-state index contributed by atoms with van der Waals surface area (Å²) in [6, 6.07) is 7.47. The monoisotopic (exact) mass is 192 g/mol. The number of halogens is 1. The van der Waals surface area contributed by atoms with Crippen molar-refractivity contribution in [3.63, 3.8) is 0 Å². The van der Waals surface area contributed by atoms with Gasteiger partial charge in [0.05, 0.1) is 5.52 Å². The maximum Gasteiger partial charge on any atom is 0.124 e. The molecule has 0 radical (unpaired) electrons. The first-order valence-electron chi connectivity index (χ1n) is 4.00. The Labute approximate surface area is 81.3 Å². The summed E-state index contributed by atoms with van der Waals surface area (Å²) in [7, 11) is 0. The molecule has 0 aliphatic heterocycles. The first kappa shape index (κ1) is 8.32. The van der Waals surface area contributed by atoms with E-state index < -0.39 is 0 Å². The zero-order chi connectivity index (χ0) is 9.42. The molecule has 0 amide bonds. The number of rotatable bonds is 0. The van der Waals surface area contributed by atoms with Crippen LogP contribution in [0.1, 0.15) is 5.56 Å². The van der Waals surface area contributed by atoms with Crippen LogP contribution in [0.5, 0.6) is 0 Å². The minimum Gasteiger partial charge on any atom is -0.384 e. The average Bonchev–Trinajstić information content (AvgIpc) is 2.12. The van der Waals surface area contributed by atoms with E-state index in [1.807, 2.05) is 25.1 Å². The van der Waals surface area contributed by atoms with Crippen LogP contribution in [0.15, 0.2) is 24.3 Å². The Morgan fingerprint density at radius 2 is 2.00 bits per heavy atom. The molecule has 0 saturated carbocycles. The molecule has 66 valence electrons. The second-order valence-corrected chi connectivity index (χ2v) is 3.40. The molecular weight excluding hydrogens is 184 g/mol. The van der Waals surface area contributed by atoms with Crippen LogP contribution in [0.2, 0.25) is 5.02 Å². The van der Waals surface area contributed by atoms with Gasteiger partial charge >= 0.3 is 0 Å². The summed E-state index contributed by atoms with van der Waals surface area (Å²) in [5, 5.41) is 1.67. The van der Waals surface area contributed by atoms with E-state index in [4.69, 9.17) is 17.3 Å². The van der Waals surface area contributed by atoms with Gasteiger partial charge in [-0.2, -0.15) is 0 Å². The van der Waals surface area contributed by atoms with Gasteiger partial charge in [-0.05, 0) is 30.7 Å². The van der Waals surface area contributed by atoms with Crippen molar-refractivity contribution >= 4 is 28.3 Å². The lowest BCUT2D eigenvalue weighted by molar-refractivity contribution is 1.37. The lowest BCUT2D eigenvalue weighted by Crippen LogP contribution is -1.91. The van der Waals surface area contributed by atoms with E-state index in [9.17, 15) is 0 Å². The van der Waals surface area contributed by atoms with Gasteiger partial charge in [-0.25, -0.2) is 4.98 Å². The number of fused-ring (bicyclic) bond motifs is 1.